The van der Waals surface area contributed by atoms with E-state index in [0.717, 1.165) is 18.5 Å². The minimum Gasteiger partial charge on any atom is -0.478 e. The number of amides is 2. The molecule has 2 heterocycles. The van der Waals surface area contributed by atoms with Gasteiger partial charge in [0.05, 0.1) is 23.3 Å². The van der Waals surface area contributed by atoms with Crippen LogP contribution in [0.5, 0.6) is 0 Å². The average Bonchev–Trinajstić information content (AvgIpc) is 3.43. The standard InChI is InChI=1S/C20H22N4O4/c1-23-16(9-10-21-23)18-15(7-8-17(25)24(18)14-5-6-14)22-19(26)12-3-2-4-13(11-12)20(27)28/h2-4,9-11,14-15,18H,5-8H2,1H3,(H,22,26)(H,27,28)/t15-,18-/m1/s1. The van der Waals surface area contributed by atoms with Crippen molar-refractivity contribution >= 4 is 17.8 Å². The lowest BCUT2D eigenvalue weighted by Gasteiger charge is -2.41. The van der Waals surface area contributed by atoms with E-state index in [2.05, 4.69) is 10.4 Å². The summed E-state index contributed by atoms with van der Waals surface area (Å²) in [5.74, 6) is -1.32. The molecule has 1 saturated heterocycles. The lowest BCUT2D eigenvalue weighted by molar-refractivity contribution is -0.138. The molecule has 2 fully saturated rings. The molecule has 2 amide bonds. The highest BCUT2D eigenvalue weighted by Gasteiger charge is 2.45. The van der Waals surface area contributed by atoms with Gasteiger partial charge < -0.3 is 15.3 Å². The van der Waals surface area contributed by atoms with Gasteiger partial charge in [-0.1, -0.05) is 6.07 Å². The highest BCUT2D eigenvalue weighted by atomic mass is 16.4. The molecule has 8 heteroatoms. The number of carboxylic acid groups (broad SMARTS) is 1. The number of aromatic nitrogens is 2. The highest BCUT2D eigenvalue weighted by Crippen LogP contribution is 2.40. The van der Waals surface area contributed by atoms with Gasteiger partial charge in [-0.3, -0.25) is 14.3 Å². The number of nitrogens with zero attached hydrogens (tertiary/aromatic N) is 3. The molecular weight excluding hydrogens is 360 g/mol. The number of carbonyl (C=O) groups is 3. The summed E-state index contributed by atoms with van der Waals surface area (Å²) in [5.41, 5.74) is 1.23. The van der Waals surface area contributed by atoms with E-state index in [1.54, 1.807) is 23.0 Å². The molecule has 0 bridgehead atoms. The summed E-state index contributed by atoms with van der Waals surface area (Å²) in [6.07, 6.45) is 4.55. The number of rotatable bonds is 5. The van der Waals surface area contributed by atoms with Crippen LogP contribution >= 0.6 is 0 Å². The molecule has 1 aromatic carbocycles. The molecule has 2 atom stereocenters. The first-order valence-electron chi connectivity index (χ1n) is 9.39. The second-order valence-electron chi connectivity index (χ2n) is 7.36. The third-order valence-corrected chi connectivity index (χ3v) is 5.43. The number of piperidine rings is 1. The largest absolute Gasteiger partial charge is 0.478 e. The molecule has 0 unspecified atom stereocenters. The molecule has 4 rings (SSSR count). The number of hydrogen-bond donors (Lipinski definition) is 2. The number of carboxylic acids is 1. The summed E-state index contributed by atoms with van der Waals surface area (Å²) < 4.78 is 1.74. The van der Waals surface area contributed by atoms with Crippen molar-refractivity contribution in [2.45, 2.75) is 43.8 Å². The minimum absolute atomic E-state index is 0.0641. The quantitative estimate of drug-likeness (QED) is 0.820. The van der Waals surface area contributed by atoms with Crippen molar-refractivity contribution in [2.24, 2.45) is 7.05 Å². The van der Waals surface area contributed by atoms with Crippen LogP contribution in [0.4, 0.5) is 0 Å². The summed E-state index contributed by atoms with van der Waals surface area (Å²) in [5, 5.41) is 16.4. The van der Waals surface area contributed by atoms with Crippen LogP contribution in [0.3, 0.4) is 0 Å². The summed E-state index contributed by atoms with van der Waals surface area (Å²) in [6.45, 7) is 0. The van der Waals surface area contributed by atoms with E-state index in [-0.39, 0.29) is 35.5 Å². The van der Waals surface area contributed by atoms with Crippen molar-refractivity contribution in [1.29, 1.82) is 0 Å². The van der Waals surface area contributed by atoms with Crippen LogP contribution in [0.2, 0.25) is 0 Å². The zero-order chi connectivity index (χ0) is 19.8. The van der Waals surface area contributed by atoms with Crippen molar-refractivity contribution in [3.63, 3.8) is 0 Å². The van der Waals surface area contributed by atoms with Crippen LogP contribution < -0.4 is 5.32 Å². The number of hydrogen-bond acceptors (Lipinski definition) is 4. The van der Waals surface area contributed by atoms with Crippen molar-refractivity contribution < 1.29 is 19.5 Å². The van der Waals surface area contributed by atoms with Crippen LogP contribution in [0.15, 0.2) is 36.5 Å². The Morgan fingerprint density at radius 3 is 2.57 bits per heavy atom. The molecule has 2 N–H and O–H groups in total. The molecule has 0 spiro atoms. The average molecular weight is 382 g/mol. The molecule has 2 aliphatic rings. The maximum atomic E-state index is 12.8. The van der Waals surface area contributed by atoms with Crippen molar-refractivity contribution in [1.82, 2.24) is 20.0 Å². The number of carbonyl (C=O) groups excluding carboxylic acids is 2. The van der Waals surface area contributed by atoms with Crippen LogP contribution in [-0.2, 0) is 11.8 Å². The Labute approximate surface area is 162 Å². The molecule has 146 valence electrons. The number of benzene rings is 1. The Morgan fingerprint density at radius 1 is 1.18 bits per heavy atom. The van der Waals surface area contributed by atoms with Crippen molar-refractivity contribution in [3.8, 4) is 0 Å². The summed E-state index contributed by atoms with van der Waals surface area (Å²) in [7, 11) is 1.83. The molecule has 1 aliphatic carbocycles. The smallest absolute Gasteiger partial charge is 0.335 e. The van der Waals surface area contributed by atoms with Gasteiger partial charge in [0.1, 0.15) is 0 Å². The van der Waals surface area contributed by atoms with Gasteiger partial charge in [0.25, 0.3) is 5.91 Å². The van der Waals surface area contributed by atoms with E-state index in [0.29, 0.717) is 18.4 Å². The predicted octanol–water partition coefficient (Wildman–Crippen LogP) is 1.74. The second kappa shape index (κ2) is 7.10. The van der Waals surface area contributed by atoms with Gasteiger partial charge in [-0.15, -0.1) is 0 Å². The number of aromatic carboxylic acids is 1. The number of likely N-dealkylation sites (tertiary alicyclic amines) is 1. The molecule has 1 aromatic heterocycles. The van der Waals surface area contributed by atoms with Crippen LogP contribution in [0.25, 0.3) is 0 Å². The predicted molar refractivity (Wildman–Crippen MR) is 99.7 cm³/mol. The van der Waals surface area contributed by atoms with Gasteiger partial charge in [0.15, 0.2) is 0 Å². The van der Waals surface area contributed by atoms with Crippen LogP contribution in [-0.4, -0.2) is 49.7 Å². The van der Waals surface area contributed by atoms with Gasteiger partial charge in [-0.2, -0.15) is 5.10 Å². The van der Waals surface area contributed by atoms with E-state index < -0.39 is 5.97 Å². The maximum absolute atomic E-state index is 12.8. The topological polar surface area (TPSA) is 105 Å². The van der Waals surface area contributed by atoms with Crippen LogP contribution in [0.1, 0.15) is 58.1 Å². The summed E-state index contributed by atoms with van der Waals surface area (Å²) >= 11 is 0. The Hall–Kier alpha value is -3.16. The lowest BCUT2D eigenvalue weighted by Crippen LogP contribution is -2.53. The molecule has 2 aromatic rings. The monoisotopic (exact) mass is 382 g/mol. The van der Waals surface area contributed by atoms with Crippen LogP contribution in [0, 0.1) is 0 Å². The molecule has 28 heavy (non-hydrogen) atoms. The Kier molecular flexibility index (Phi) is 4.62. The highest BCUT2D eigenvalue weighted by molar-refractivity contribution is 5.97. The first-order chi connectivity index (χ1) is 13.5. The second-order valence-corrected chi connectivity index (χ2v) is 7.36. The van der Waals surface area contributed by atoms with Gasteiger partial charge in [-0.05, 0) is 43.5 Å². The van der Waals surface area contributed by atoms with Gasteiger partial charge in [0, 0.05) is 31.3 Å². The van der Waals surface area contributed by atoms with E-state index in [4.69, 9.17) is 5.11 Å². The normalized spacial score (nSPS) is 22.2. The van der Waals surface area contributed by atoms with E-state index in [1.807, 2.05) is 18.0 Å². The number of nitrogens with one attached hydrogen (secondary N) is 1. The fourth-order valence-electron chi connectivity index (χ4n) is 3.92. The maximum Gasteiger partial charge on any atom is 0.335 e. The fourth-order valence-corrected chi connectivity index (χ4v) is 3.92. The Morgan fingerprint density at radius 2 is 1.93 bits per heavy atom. The molecule has 0 radical (unpaired) electrons. The Balaban J connectivity index is 1.62. The zero-order valence-electron chi connectivity index (χ0n) is 15.5. The first-order valence-corrected chi connectivity index (χ1v) is 9.39. The van der Waals surface area contributed by atoms with E-state index in [1.165, 1.54) is 12.1 Å². The molecule has 8 nitrogen and oxygen atoms in total. The lowest BCUT2D eigenvalue weighted by atomic mass is 9.92. The molecular formula is C20H22N4O4. The molecule has 1 saturated carbocycles. The van der Waals surface area contributed by atoms with E-state index >= 15 is 0 Å². The summed E-state index contributed by atoms with van der Waals surface area (Å²) in [6, 6.07) is 7.49. The first kappa shape index (κ1) is 18.2. The van der Waals surface area contributed by atoms with E-state index in [9.17, 15) is 14.4 Å². The van der Waals surface area contributed by atoms with Crippen molar-refractivity contribution in [2.75, 3.05) is 0 Å². The minimum atomic E-state index is -1.08. The molecule has 1 aliphatic heterocycles. The fraction of sp³-hybridized carbons (Fsp3) is 0.400. The van der Waals surface area contributed by atoms with Gasteiger partial charge >= 0.3 is 5.97 Å². The van der Waals surface area contributed by atoms with Gasteiger partial charge in [0.2, 0.25) is 5.91 Å². The third-order valence-electron chi connectivity index (χ3n) is 5.43. The third kappa shape index (κ3) is 3.37. The Bertz CT molecular complexity index is 934. The zero-order valence-corrected chi connectivity index (χ0v) is 15.5. The number of aryl methyl sites for hydroxylation is 1. The summed E-state index contributed by atoms with van der Waals surface area (Å²) in [4.78, 5) is 38.6. The van der Waals surface area contributed by atoms with Gasteiger partial charge in [-0.25, -0.2) is 4.79 Å². The SMILES string of the molecule is Cn1nccc1[C@H]1[C@H](NC(=O)c2cccc(C(=O)O)c2)CCC(=O)N1C1CC1. The van der Waals surface area contributed by atoms with Crippen molar-refractivity contribution in [3.05, 3.63) is 53.3 Å².